The molecule has 1 aliphatic rings. The van der Waals surface area contributed by atoms with Crippen LogP contribution in [-0.4, -0.2) is 71.5 Å². The van der Waals surface area contributed by atoms with E-state index in [0.29, 0.717) is 37.8 Å². The highest BCUT2D eigenvalue weighted by Crippen LogP contribution is 2.15. The summed E-state index contributed by atoms with van der Waals surface area (Å²) in [5.74, 6) is 1.35. The van der Waals surface area contributed by atoms with Gasteiger partial charge in [-0.15, -0.1) is 0 Å². The number of aliphatic hydroxyl groups excluding tert-OH is 1. The van der Waals surface area contributed by atoms with Crippen LogP contribution < -0.4 is 0 Å². The number of methoxy groups -OCH3 is 1. The summed E-state index contributed by atoms with van der Waals surface area (Å²) in [4.78, 5) is 9.00. The van der Waals surface area contributed by atoms with E-state index in [1.807, 2.05) is 30.3 Å². The van der Waals surface area contributed by atoms with Crippen LogP contribution in [0.4, 0.5) is 0 Å². The molecule has 0 aliphatic carbocycles. The third-order valence-corrected chi connectivity index (χ3v) is 4.48. The van der Waals surface area contributed by atoms with Crippen molar-refractivity contribution in [3.63, 3.8) is 0 Å². The fourth-order valence-corrected chi connectivity index (χ4v) is 3.00. The Morgan fingerprint density at radius 2 is 1.88 bits per heavy atom. The first kappa shape index (κ1) is 18.0. The molecular formula is C18H26N4O3. The van der Waals surface area contributed by atoms with E-state index in [0.717, 1.165) is 31.7 Å². The Morgan fingerprint density at radius 1 is 1.16 bits per heavy atom. The highest BCUT2D eigenvalue weighted by molar-refractivity contribution is 5.17. The van der Waals surface area contributed by atoms with E-state index >= 15 is 0 Å². The van der Waals surface area contributed by atoms with Crippen molar-refractivity contribution in [1.82, 2.24) is 19.9 Å². The van der Waals surface area contributed by atoms with E-state index in [1.165, 1.54) is 0 Å². The Morgan fingerprint density at radius 3 is 2.60 bits per heavy atom. The minimum absolute atomic E-state index is 0.438. The van der Waals surface area contributed by atoms with Crippen LogP contribution in [-0.2, 0) is 17.7 Å². The quantitative estimate of drug-likeness (QED) is 0.767. The molecule has 3 rings (SSSR count). The summed E-state index contributed by atoms with van der Waals surface area (Å²) >= 11 is 0. The minimum Gasteiger partial charge on any atom is -0.387 e. The molecule has 0 radical (unpaired) electrons. The van der Waals surface area contributed by atoms with Crippen molar-refractivity contribution in [3.8, 4) is 0 Å². The number of hydrogen-bond acceptors (Lipinski definition) is 7. The lowest BCUT2D eigenvalue weighted by Crippen LogP contribution is -2.47. The molecular weight excluding hydrogens is 320 g/mol. The van der Waals surface area contributed by atoms with Gasteiger partial charge in [0.25, 0.3) is 0 Å². The molecule has 1 fully saturated rings. The van der Waals surface area contributed by atoms with Gasteiger partial charge in [0.15, 0.2) is 5.82 Å². The molecule has 1 atom stereocenters. The minimum atomic E-state index is -0.438. The number of hydrogen-bond donors (Lipinski definition) is 1. The molecule has 1 aliphatic heterocycles. The maximum absolute atomic E-state index is 10.3. The third-order valence-electron chi connectivity index (χ3n) is 4.48. The molecule has 2 heterocycles. The van der Waals surface area contributed by atoms with E-state index in [4.69, 9.17) is 9.26 Å². The second kappa shape index (κ2) is 9.05. The Kier molecular flexibility index (Phi) is 6.52. The van der Waals surface area contributed by atoms with Crippen molar-refractivity contribution in [3.05, 3.63) is 47.6 Å². The highest BCUT2D eigenvalue weighted by atomic mass is 16.5. The van der Waals surface area contributed by atoms with Crippen molar-refractivity contribution >= 4 is 0 Å². The van der Waals surface area contributed by atoms with E-state index < -0.39 is 6.10 Å². The van der Waals surface area contributed by atoms with Crippen molar-refractivity contribution in [1.29, 1.82) is 0 Å². The van der Waals surface area contributed by atoms with Crippen LogP contribution in [0.3, 0.4) is 0 Å². The lowest BCUT2D eigenvalue weighted by Gasteiger charge is -2.34. The fourth-order valence-electron chi connectivity index (χ4n) is 3.00. The van der Waals surface area contributed by atoms with Crippen LogP contribution in [0, 0.1) is 0 Å². The van der Waals surface area contributed by atoms with E-state index in [1.54, 1.807) is 7.11 Å². The Balaban J connectivity index is 1.42. The first-order valence-corrected chi connectivity index (χ1v) is 8.72. The number of piperazine rings is 1. The molecule has 1 aromatic heterocycles. The van der Waals surface area contributed by atoms with Gasteiger partial charge in [-0.1, -0.05) is 35.5 Å². The topological polar surface area (TPSA) is 74.9 Å². The lowest BCUT2D eigenvalue weighted by atomic mass is 10.1. The third kappa shape index (κ3) is 5.34. The first-order chi connectivity index (χ1) is 12.2. The zero-order valence-electron chi connectivity index (χ0n) is 14.7. The number of rotatable bonds is 8. The van der Waals surface area contributed by atoms with Crippen LogP contribution in [0.1, 0.15) is 23.4 Å². The average Bonchev–Trinajstić information content (AvgIpc) is 3.09. The van der Waals surface area contributed by atoms with Gasteiger partial charge in [0.05, 0.1) is 19.3 Å². The predicted octanol–water partition coefficient (Wildman–Crippen LogP) is 1.11. The summed E-state index contributed by atoms with van der Waals surface area (Å²) in [6, 6.07) is 9.83. The maximum atomic E-state index is 10.3. The van der Waals surface area contributed by atoms with Crippen LogP contribution in [0.5, 0.6) is 0 Å². The van der Waals surface area contributed by atoms with Crippen LogP contribution in [0.25, 0.3) is 0 Å². The number of β-amino-alcohol motifs (C(OH)–C–C–N with tert-alkyl or cyclic N) is 1. The molecule has 2 aromatic rings. The van der Waals surface area contributed by atoms with Gasteiger partial charge in [-0.2, -0.15) is 4.98 Å². The number of ether oxygens (including phenoxy) is 1. The monoisotopic (exact) mass is 346 g/mol. The SMILES string of the molecule is COCCc1noc(CN2CCN(C[C@H](O)c3ccccc3)CC2)n1. The Bertz CT molecular complexity index is 626. The summed E-state index contributed by atoms with van der Waals surface area (Å²) in [5.41, 5.74) is 0.972. The fraction of sp³-hybridized carbons (Fsp3) is 0.556. The molecule has 0 bridgehead atoms. The molecule has 0 unspecified atom stereocenters. The second-order valence-corrected chi connectivity index (χ2v) is 6.35. The van der Waals surface area contributed by atoms with Crippen molar-refractivity contribution in [2.45, 2.75) is 19.1 Å². The molecule has 1 N–H and O–H groups in total. The first-order valence-electron chi connectivity index (χ1n) is 8.72. The van der Waals surface area contributed by atoms with Gasteiger partial charge in [-0.25, -0.2) is 0 Å². The number of nitrogens with zero attached hydrogens (tertiary/aromatic N) is 4. The standard InChI is InChI=1S/C18H26N4O3/c1-24-12-7-17-19-18(25-20-17)14-22-10-8-21(9-11-22)13-16(23)15-5-3-2-4-6-15/h2-6,16,23H,7-14H2,1H3/t16-/m0/s1. The van der Waals surface area contributed by atoms with E-state index in [-0.39, 0.29) is 0 Å². The smallest absolute Gasteiger partial charge is 0.240 e. The lowest BCUT2D eigenvalue weighted by molar-refractivity contribution is 0.0663. The predicted molar refractivity (Wildman–Crippen MR) is 93.0 cm³/mol. The van der Waals surface area contributed by atoms with Gasteiger partial charge in [0.1, 0.15) is 0 Å². The van der Waals surface area contributed by atoms with Gasteiger partial charge in [0.2, 0.25) is 5.89 Å². The summed E-state index contributed by atoms with van der Waals surface area (Å²) in [7, 11) is 1.66. The van der Waals surface area contributed by atoms with Gasteiger partial charge in [0, 0.05) is 46.3 Å². The van der Waals surface area contributed by atoms with Crippen molar-refractivity contribution in [2.24, 2.45) is 0 Å². The summed E-state index contributed by atoms with van der Waals surface area (Å²) in [6.07, 6.45) is 0.234. The van der Waals surface area contributed by atoms with Gasteiger partial charge in [-0.05, 0) is 5.56 Å². The zero-order valence-corrected chi connectivity index (χ0v) is 14.7. The molecule has 0 saturated carbocycles. The molecule has 1 saturated heterocycles. The van der Waals surface area contributed by atoms with Gasteiger partial charge < -0.3 is 14.4 Å². The normalized spacial score (nSPS) is 17.7. The number of aliphatic hydroxyl groups is 1. The molecule has 7 nitrogen and oxygen atoms in total. The van der Waals surface area contributed by atoms with Crippen LogP contribution in [0.15, 0.2) is 34.9 Å². The number of aromatic nitrogens is 2. The van der Waals surface area contributed by atoms with E-state index in [9.17, 15) is 5.11 Å². The number of benzene rings is 1. The molecule has 0 amide bonds. The maximum Gasteiger partial charge on any atom is 0.240 e. The molecule has 0 spiro atoms. The molecule has 25 heavy (non-hydrogen) atoms. The Labute approximate surface area is 148 Å². The van der Waals surface area contributed by atoms with Gasteiger partial charge >= 0.3 is 0 Å². The summed E-state index contributed by atoms with van der Waals surface area (Å²) in [6.45, 7) is 5.65. The Hall–Kier alpha value is -1.80. The second-order valence-electron chi connectivity index (χ2n) is 6.35. The van der Waals surface area contributed by atoms with Crippen LogP contribution >= 0.6 is 0 Å². The summed E-state index contributed by atoms with van der Waals surface area (Å²) in [5, 5.41) is 14.3. The summed E-state index contributed by atoms with van der Waals surface area (Å²) < 4.78 is 10.3. The zero-order chi connectivity index (χ0) is 17.5. The van der Waals surface area contributed by atoms with Crippen molar-refractivity contribution in [2.75, 3.05) is 46.4 Å². The average molecular weight is 346 g/mol. The molecule has 136 valence electrons. The van der Waals surface area contributed by atoms with Crippen LogP contribution in [0.2, 0.25) is 0 Å². The van der Waals surface area contributed by atoms with Crippen molar-refractivity contribution < 1.29 is 14.4 Å². The largest absolute Gasteiger partial charge is 0.387 e. The van der Waals surface area contributed by atoms with Gasteiger partial charge in [-0.3, -0.25) is 9.80 Å². The highest BCUT2D eigenvalue weighted by Gasteiger charge is 2.21. The molecule has 1 aromatic carbocycles. The molecule has 7 heteroatoms. The van der Waals surface area contributed by atoms with E-state index in [2.05, 4.69) is 19.9 Å².